The first-order valence-electron chi connectivity index (χ1n) is 3.60. The Morgan fingerprint density at radius 1 is 1.38 bits per heavy atom. The molecule has 0 aliphatic rings. The molecule has 1 aromatic rings. The van der Waals surface area contributed by atoms with Gasteiger partial charge in [0.05, 0.1) is 6.42 Å². The Balaban J connectivity index is 0.000000424. The summed E-state index contributed by atoms with van der Waals surface area (Å²) in [4.78, 5) is 18.8. The number of rotatable bonds is 2. The lowest BCUT2D eigenvalue weighted by Gasteiger charge is -1.93. The van der Waals surface area contributed by atoms with Crippen LogP contribution in [0, 0.1) is 0 Å². The van der Waals surface area contributed by atoms with Gasteiger partial charge in [0.25, 0.3) is 6.47 Å². The summed E-state index contributed by atoms with van der Waals surface area (Å²) in [5.41, 5.74) is 5.95. The SMILES string of the molecule is NC(=O)Cc1ccccc1.O=CO. The predicted octanol–water partition coefficient (Wildman–Crippen LogP) is 0.415. The van der Waals surface area contributed by atoms with Gasteiger partial charge in [-0.1, -0.05) is 30.3 Å². The molecular weight excluding hydrogens is 170 g/mol. The Morgan fingerprint density at radius 2 is 1.85 bits per heavy atom. The van der Waals surface area contributed by atoms with Crippen molar-refractivity contribution in [2.75, 3.05) is 0 Å². The molecule has 0 saturated heterocycles. The lowest BCUT2D eigenvalue weighted by Crippen LogP contribution is -2.13. The maximum Gasteiger partial charge on any atom is 0.290 e. The van der Waals surface area contributed by atoms with E-state index in [4.69, 9.17) is 15.6 Å². The molecule has 4 nitrogen and oxygen atoms in total. The average Bonchev–Trinajstić information content (AvgIpc) is 2.06. The third kappa shape index (κ3) is 6.55. The fraction of sp³-hybridized carbons (Fsp3) is 0.111. The van der Waals surface area contributed by atoms with Crippen LogP contribution in [0.5, 0.6) is 0 Å². The molecule has 1 aromatic carbocycles. The van der Waals surface area contributed by atoms with Crippen LogP contribution in [-0.2, 0) is 16.0 Å². The van der Waals surface area contributed by atoms with E-state index in [-0.39, 0.29) is 12.4 Å². The monoisotopic (exact) mass is 181 g/mol. The van der Waals surface area contributed by atoms with Crippen LogP contribution >= 0.6 is 0 Å². The van der Waals surface area contributed by atoms with Gasteiger partial charge in [-0.15, -0.1) is 0 Å². The lowest BCUT2D eigenvalue weighted by atomic mass is 10.1. The third-order valence-electron chi connectivity index (χ3n) is 1.22. The Hall–Kier alpha value is -1.84. The summed E-state index contributed by atoms with van der Waals surface area (Å²) >= 11 is 0. The van der Waals surface area contributed by atoms with Gasteiger partial charge in [-0.2, -0.15) is 0 Å². The van der Waals surface area contributed by atoms with Crippen LogP contribution in [0.2, 0.25) is 0 Å². The zero-order chi connectivity index (χ0) is 10.1. The first kappa shape index (κ1) is 11.2. The second kappa shape index (κ2) is 6.84. The number of hydrogen-bond acceptors (Lipinski definition) is 2. The smallest absolute Gasteiger partial charge is 0.290 e. The van der Waals surface area contributed by atoms with Crippen LogP contribution in [0.3, 0.4) is 0 Å². The molecule has 4 heteroatoms. The zero-order valence-electron chi connectivity index (χ0n) is 7.01. The van der Waals surface area contributed by atoms with Gasteiger partial charge in [0.15, 0.2) is 0 Å². The van der Waals surface area contributed by atoms with Crippen molar-refractivity contribution in [1.29, 1.82) is 0 Å². The first-order valence-corrected chi connectivity index (χ1v) is 3.60. The molecule has 0 heterocycles. The third-order valence-corrected chi connectivity index (χ3v) is 1.22. The van der Waals surface area contributed by atoms with Crippen molar-refractivity contribution in [3.63, 3.8) is 0 Å². The molecule has 0 aliphatic heterocycles. The van der Waals surface area contributed by atoms with Crippen molar-refractivity contribution in [2.45, 2.75) is 6.42 Å². The van der Waals surface area contributed by atoms with E-state index in [0.717, 1.165) is 5.56 Å². The Labute approximate surface area is 76.0 Å². The molecule has 0 fully saturated rings. The Morgan fingerprint density at radius 3 is 2.23 bits per heavy atom. The van der Waals surface area contributed by atoms with Crippen molar-refractivity contribution in [3.05, 3.63) is 35.9 Å². The summed E-state index contributed by atoms with van der Waals surface area (Å²) in [6, 6.07) is 9.44. The molecule has 0 radical (unpaired) electrons. The predicted molar refractivity (Wildman–Crippen MR) is 48.0 cm³/mol. The van der Waals surface area contributed by atoms with Gasteiger partial charge < -0.3 is 10.8 Å². The Kier molecular flexibility index (Phi) is 5.88. The number of carbonyl (C=O) groups is 2. The molecule has 0 saturated carbocycles. The largest absolute Gasteiger partial charge is 0.483 e. The summed E-state index contributed by atoms with van der Waals surface area (Å²) < 4.78 is 0. The second-order valence-corrected chi connectivity index (χ2v) is 2.23. The molecule has 0 aliphatic carbocycles. The van der Waals surface area contributed by atoms with E-state index >= 15 is 0 Å². The van der Waals surface area contributed by atoms with Gasteiger partial charge in [0.2, 0.25) is 5.91 Å². The van der Waals surface area contributed by atoms with Gasteiger partial charge in [-0.05, 0) is 5.56 Å². The van der Waals surface area contributed by atoms with Crippen molar-refractivity contribution in [1.82, 2.24) is 0 Å². The van der Waals surface area contributed by atoms with E-state index in [2.05, 4.69) is 0 Å². The average molecular weight is 181 g/mol. The summed E-state index contributed by atoms with van der Waals surface area (Å²) in [6.45, 7) is -0.250. The van der Waals surface area contributed by atoms with Gasteiger partial charge in [-0.25, -0.2) is 0 Å². The molecule has 70 valence electrons. The lowest BCUT2D eigenvalue weighted by molar-refractivity contribution is -0.123. The number of benzene rings is 1. The van der Waals surface area contributed by atoms with Crippen molar-refractivity contribution in [2.24, 2.45) is 5.73 Å². The van der Waals surface area contributed by atoms with Gasteiger partial charge in [0, 0.05) is 0 Å². The molecule has 1 rings (SSSR count). The Bertz CT molecular complexity index is 259. The molecule has 0 bridgehead atoms. The normalized spacial score (nSPS) is 8.00. The minimum atomic E-state index is -0.286. The highest BCUT2D eigenvalue weighted by atomic mass is 16.3. The minimum absolute atomic E-state index is 0.250. The highest BCUT2D eigenvalue weighted by Crippen LogP contribution is 1.97. The van der Waals surface area contributed by atoms with E-state index < -0.39 is 0 Å². The van der Waals surface area contributed by atoms with E-state index in [1.165, 1.54) is 0 Å². The van der Waals surface area contributed by atoms with Gasteiger partial charge in [-0.3, -0.25) is 9.59 Å². The van der Waals surface area contributed by atoms with E-state index in [1.807, 2.05) is 30.3 Å². The molecule has 0 aromatic heterocycles. The van der Waals surface area contributed by atoms with Crippen LogP contribution < -0.4 is 5.73 Å². The maximum absolute atomic E-state index is 10.4. The van der Waals surface area contributed by atoms with Crippen molar-refractivity contribution in [3.8, 4) is 0 Å². The molecule has 0 spiro atoms. The van der Waals surface area contributed by atoms with Crippen LogP contribution in [0.1, 0.15) is 5.56 Å². The highest BCUT2D eigenvalue weighted by molar-refractivity contribution is 5.76. The fourth-order valence-corrected chi connectivity index (χ4v) is 0.797. The second-order valence-electron chi connectivity index (χ2n) is 2.23. The number of carboxylic acid groups (broad SMARTS) is 1. The molecular formula is C9H11NO3. The van der Waals surface area contributed by atoms with E-state index in [9.17, 15) is 4.79 Å². The zero-order valence-corrected chi connectivity index (χ0v) is 7.01. The molecule has 1 amide bonds. The molecule has 3 N–H and O–H groups in total. The van der Waals surface area contributed by atoms with E-state index in [0.29, 0.717) is 6.42 Å². The maximum atomic E-state index is 10.4. The fourth-order valence-electron chi connectivity index (χ4n) is 0.797. The minimum Gasteiger partial charge on any atom is -0.483 e. The van der Waals surface area contributed by atoms with Crippen LogP contribution in [0.4, 0.5) is 0 Å². The highest BCUT2D eigenvalue weighted by Gasteiger charge is 1.94. The van der Waals surface area contributed by atoms with Crippen molar-refractivity contribution < 1.29 is 14.7 Å². The van der Waals surface area contributed by atoms with Crippen LogP contribution in [-0.4, -0.2) is 17.5 Å². The first-order chi connectivity index (χ1) is 6.20. The summed E-state index contributed by atoms with van der Waals surface area (Å²) in [5.74, 6) is -0.286. The molecule has 0 atom stereocenters. The van der Waals surface area contributed by atoms with E-state index in [1.54, 1.807) is 0 Å². The topological polar surface area (TPSA) is 80.4 Å². The van der Waals surface area contributed by atoms with Crippen LogP contribution in [0.15, 0.2) is 30.3 Å². The summed E-state index contributed by atoms with van der Waals surface area (Å²) in [6.07, 6.45) is 0.334. The van der Waals surface area contributed by atoms with Crippen molar-refractivity contribution >= 4 is 12.4 Å². The molecule has 0 unspecified atom stereocenters. The summed E-state index contributed by atoms with van der Waals surface area (Å²) in [7, 11) is 0. The van der Waals surface area contributed by atoms with Gasteiger partial charge in [0.1, 0.15) is 0 Å². The number of nitrogens with two attached hydrogens (primary N) is 1. The van der Waals surface area contributed by atoms with Crippen LogP contribution in [0.25, 0.3) is 0 Å². The summed E-state index contributed by atoms with van der Waals surface area (Å²) in [5, 5.41) is 6.89. The quantitative estimate of drug-likeness (QED) is 0.648. The van der Waals surface area contributed by atoms with Gasteiger partial charge >= 0.3 is 0 Å². The number of primary amides is 1. The molecule has 13 heavy (non-hydrogen) atoms. The number of amides is 1. The standard InChI is InChI=1S/C8H9NO.CH2O2/c9-8(10)6-7-4-2-1-3-5-7;2-1-3/h1-5H,6H2,(H2,9,10);1H,(H,2,3). The number of carbonyl (C=O) groups excluding carboxylic acids is 1. The number of hydrogen-bond donors (Lipinski definition) is 2.